The molecule has 36 heavy (non-hydrogen) atoms. The zero-order valence-electron chi connectivity index (χ0n) is 19.5. The Morgan fingerprint density at radius 1 is 1.17 bits per heavy atom. The maximum atomic E-state index is 12.7. The van der Waals surface area contributed by atoms with E-state index in [-0.39, 0.29) is 53.2 Å². The van der Waals surface area contributed by atoms with E-state index in [0.29, 0.717) is 13.0 Å². The van der Waals surface area contributed by atoms with Crippen molar-refractivity contribution >= 4 is 23.4 Å². The number of hydrogen-bond donors (Lipinski definition) is 2. The average molecular weight is 509 g/mol. The zero-order valence-corrected chi connectivity index (χ0v) is 19.5. The topological polar surface area (TPSA) is 123 Å². The van der Waals surface area contributed by atoms with Gasteiger partial charge < -0.3 is 20.3 Å². The van der Waals surface area contributed by atoms with Gasteiger partial charge in [-0.25, -0.2) is 4.98 Å². The summed E-state index contributed by atoms with van der Waals surface area (Å²) in [4.78, 5) is 33.0. The summed E-state index contributed by atoms with van der Waals surface area (Å²) in [6.07, 6.45) is 1.34. The van der Waals surface area contributed by atoms with E-state index in [1.54, 1.807) is 6.07 Å². The van der Waals surface area contributed by atoms with Crippen LogP contribution in [-0.4, -0.2) is 51.2 Å². The normalized spacial score (nSPS) is 20.3. The van der Waals surface area contributed by atoms with Crippen LogP contribution in [0, 0.1) is 16.0 Å². The molecule has 1 saturated carbocycles. The van der Waals surface area contributed by atoms with Crippen molar-refractivity contribution in [1.29, 1.82) is 0 Å². The van der Waals surface area contributed by atoms with Gasteiger partial charge in [-0.1, -0.05) is 18.2 Å². The van der Waals surface area contributed by atoms with E-state index in [9.17, 15) is 28.1 Å². The quantitative estimate of drug-likeness (QED) is 0.375. The lowest BCUT2D eigenvalue weighted by Crippen LogP contribution is -2.39. The summed E-state index contributed by atoms with van der Waals surface area (Å²) in [5.41, 5.74) is -0.0720. The van der Waals surface area contributed by atoms with Crippen molar-refractivity contribution in [2.24, 2.45) is 5.92 Å². The first-order valence-corrected chi connectivity index (χ1v) is 11.8. The Morgan fingerprint density at radius 3 is 2.58 bits per heavy atom. The molecule has 1 aliphatic heterocycles. The second-order valence-corrected chi connectivity index (χ2v) is 8.94. The lowest BCUT2D eigenvalue weighted by atomic mass is 9.85. The molecule has 0 spiro atoms. The van der Waals surface area contributed by atoms with Gasteiger partial charge in [0.2, 0.25) is 17.7 Å². The second kappa shape index (κ2) is 11.0. The second-order valence-electron chi connectivity index (χ2n) is 8.94. The van der Waals surface area contributed by atoms with Crippen LogP contribution in [-0.2, 0) is 11.3 Å². The average Bonchev–Trinajstić information content (AvgIpc) is 3.27. The van der Waals surface area contributed by atoms with Crippen LogP contribution in [0.1, 0.15) is 44.1 Å². The Hall–Kier alpha value is -3.64. The molecule has 2 aliphatic rings. The predicted molar refractivity (Wildman–Crippen MR) is 124 cm³/mol. The van der Waals surface area contributed by atoms with E-state index in [1.807, 2.05) is 4.90 Å². The molecule has 1 aromatic heterocycles. The molecule has 1 aliphatic carbocycles. The minimum atomic E-state index is -4.83. The highest BCUT2D eigenvalue weighted by molar-refractivity contribution is 5.78. The molecule has 0 radical (unpaired) electrons. The maximum absolute atomic E-state index is 12.7. The standard InChI is InChI=1S/C23H27F3N6O4/c24-23(25,26)36-19-5-2-1-4-16(19)13-28-22-29-14-18(32(34)35)21(30-22)27-12-15-7-9-17(10-8-15)31-11-3-6-20(31)33/h1-2,4-5,14-15,17H,3,6-13H2,(H2,27,28,29,30)/t15-,17-. The highest BCUT2D eigenvalue weighted by atomic mass is 19.4. The Balaban J connectivity index is 1.36. The van der Waals surface area contributed by atoms with Gasteiger partial charge in [-0.2, -0.15) is 4.98 Å². The first kappa shape index (κ1) is 25.5. The third-order valence-corrected chi connectivity index (χ3v) is 6.53. The molecular weight excluding hydrogens is 481 g/mol. The number of carbonyl (C=O) groups excluding carboxylic acids is 1. The molecule has 0 unspecified atom stereocenters. The Kier molecular flexibility index (Phi) is 7.75. The largest absolute Gasteiger partial charge is 0.573 e. The number of anilines is 2. The van der Waals surface area contributed by atoms with E-state index >= 15 is 0 Å². The van der Waals surface area contributed by atoms with Crippen LogP contribution >= 0.6 is 0 Å². The van der Waals surface area contributed by atoms with E-state index in [0.717, 1.165) is 44.8 Å². The number of benzene rings is 1. The van der Waals surface area contributed by atoms with Gasteiger partial charge in [-0.15, -0.1) is 13.2 Å². The number of aromatic nitrogens is 2. The van der Waals surface area contributed by atoms with Crippen molar-refractivity contribution < 1.29 is 27.6 Å². The molecule has 194 valence electrons. The lowest BCUT2D eigenvalue weighted by molar-refractivity contribution is -0.384. The van der Waals surface area contributed by atoms with Crippen LogP contribution in [0.15, 0.2) is 30.5 Å². The maximum Gasteiger partial charge on any atom is 0.573 e. The molecule has 2 N–H and O–H groups in total. The fraction of sp³-hybridized carbons (Fsp3) is 0.522. The highest BCUT2D eigenvalue weighted by Crippen LogP contribution is 2.31. The molecule has 2 heterocycles. The first-order valence-electron chi connectivity index (χ1n) is 11.8. The molecule has 0 bridgehead atoms. The van der Waals surface area contributed by atoms with Gasteiger partial charge in [0.15, 0.2) is 0 Å². The summed E-state index contributed by atoms with van der Waals surface area (Å²) in [5.74, 6) is 0.205. The summed E-state index contributed by atoms with van der Waals surface area (Å²) >= 11 is 0. The number of likely N-dealkylation sites (tertiary alicyclic amines) is 1. The molecule has 13 heteroatoms. The fourth-order valence-corrected chi connectivity index (χ4v) is 4.73. The number of nitro groups is 1. The van der Waals surface area contributed by atoms with Gasteiger partial charge in [-0.05, 0) is 44.1 Å². The zero-order chi connectivity index (χ0) is 25.7. The highest BCUT2D eigenvalue weighted by Gasteiger charge is 2.33. The van der Waals surface area contributed by atoms with E-state index in [1.165, 1.54) is 18.2 Å². The summed E-state index contributed by atoms with van der Waals surface area (Å²) in [6.45, 7) is 1.21. The van der Waals surface area contributed by atoms with Crippen LogP contribution in [0.25, 0.3) is 0 Å². The Morgan fingerprint density at radius 2 is 1.92 bits per heavy atom. The number of rotatable bonds is 9. The van der Waals surface area contributed by atoms with Gasteiger partial charge in [-0.3, -0.25) is 14.9 Å². The minimum absolute atomic E-state index is 0.0289. The monoisotopic (exact) mass is 508 g/mol. The Labute approximate surface area is 205 Å². The molecule has 1 saturated heterocycles. The molecule has 10 nitrogen and oxygen atoms in total. The van der Waals surface area contributed by atoms with Gasteiger partial charge >= 0.3 is 12.0 Å². The number of amides is 1. The third-order valence-electron chi connectivity index (χ3n) is 6.53. The predicted octanol–water partition coefficient (Wildman–Crippen LogP) is 4.49. The number of halogens is 3. The number of ether oxygens (including phenoxy) is 1. The number of para-hydroxylation sites is 1. The summed E-state index contributed by atoms with van der Waals surface area (Å²) < 4.78 is 42.0. The van der Waals surface area contributed by atoms with Crippen molar-refractivity contribution in [2.45, 2.75) is 57.5 Å². The number of alkyl halides is 3. The minimum Gasteiger partial charge on any atom is -0.405 e. The summed E-state index contributed by atoms with van der Waals surface area (Å²) in [6, 6.07) is 5.92. The number of carbonyl (C=O) groups is 1. The van der Waals surface area contributed by atoms with Crippen molar-refractivity contribution in [2.75, 3.05) is 23.7 Å². The number of hydrogen-bond acceptors (Lipinski definition) is 8. The van der Waals surface area contributed by atoms with Crippen molar-refractivity contribution in [1.82, 2.24) is 14.9 Å². The summed E-state index contributed by atoms with van der Waals surface area (Å²) in [5, 5.41) is 17.3. The van der Waals surface area contributed by atoms with Gasteiger partial charge in [0.1, 0.15) is 11.9 Å². The molecule has 1 amide bonds. The van der Waals surface area contributed by atoms with Gasteiger partial charge in [0.05, 0.1) is 4.92 Å². The lowest BCUT2D eigenvalue weighted by Gasteiger charge is -2.34. The molecular formula is C23H27F3N6O4. The molecule has 4 rings (SSSR count). The number of nitrogens with one attached hydrogen (secondary N) is 2. The van der Waals surface area contributed by atoms with Crippen molar-refractivity contribution in [3.63, 3.8) is 0 Å². The van der Waals surface area contributed by atoms with Crippen LogP contribution in [0.5, 0.6) is 5.75 Å². The van der Waals surface area contributed by atoms with Crippen LogP contribution < -0.4 is 15.4 Å². The molecule has 1 aromatic carbocycles. The molecule has 0 atom stereocenters. The van der Waals surface area contributed by atoms with Gasteiger partial charge in [0, 0.05) is 37.7 Å². The van der Waals surface area contributed by atoms with Crippen LogP contribution in [0.3, 0.4) is 0 Å². The SMILES string of the molecule is O=C1CCCN1[C@H]1CC[C@H](CNc2nc(NCc3ccccc3OC(F)(F)F)ncc2[N+](=O)[O-])CC1. The van der Waals surface area contributed by atoms with E-state index < -0.39 is 11.3 Å². The smallest absolute Gasteiger partial charge is 0.405 e. The Bertz CT molecular complexity index is 1090. The van der Waals surface area contributed by atoms with Crippen molar-refractivity contribution in [3.05, 3.63) is 46.1 Å². The third kappa shape index (κ3) is 6.52. The molecule has 2 fully saturated rings. The van der Waals surface area contributed by atoms with E-state index in [4.69, 9.17) is 0 Å². The first-order chi connectivity index (χ1) is 17.2. The van der Waals surface area contributed by atoms with Crippen LogP contribution in [0.4, 0.5) is 30.6 Å². The van der Waals surface area contributed by atoms with Gasteiger partial charge in [0.25, 0.3) is 0 Å². The fourth-order valence-electron chi connectivity index (χ4n) is 4.73. The van der Waals surface area contributed by atoms with E-state index in [2.05, 4.69) is 25.3 Å². The van der Waals surface area contributed by atoms with Crippen LogP contribution in [0.2, 0.25) is 0 Å². The number of nitrogens with zero attached hydrogens (tertiary/aromatic N) is 4. The molecule has 2 aromatic rings. The summed E-state index contributed by atoms with van der Waals surface area (Å²) in [7, 11) is 0. The van der Waals surface area contributed by atoms with Crippen molar-refractivity contribution in [3.8, 4) is 5.75 Å².